The number of hydrogen-bond acceptors (Lipinski definition) is 2. The molecule has 1 aromatic heterocycles. The molecular formula is C17H23NS. The molecule has 1 fully saturated rings. The highest BCUT2D eigenvalue weighted by Gasteiger charge is 2.23. The van der Waals surface area contributed by atoms with Gasteiger partial charge in [-0.1, -0.05) is 31.0 Å². The number of rotatable bonds is 4. The van der Waals surface area contributed by atoms with Gasteiger partial charge < -0.3 is 5.32 Å². The van der Waals surface area contributed by atoms with Crippen LogP contribution in [0.5, 0.6) is 0 Å². The van der Waals surface area contributed by atoms with E-state index < -0.39 is 0 Å². The number of hydrogen-bond donors (Lipinski definition) is 1. The van der Waals surface area contributed by atoms with E-state index >= 15 is 0 Å². The molecule has 1 nitrogen and oxygen atoms in total. The van der Waals surface area contributed by atoms with E-state index in [1.807, 2.05) is 11.3 Å². The van der Waals surface area contributed by atoms with Crippen LogP contribution in [0.2, 0.25) is 0 Å². The van der Waals surface area contributed by atoms with E-state index in [-0.39, 0.29) is 0 Å². The molecule has 1 N–H and O–H groups in total. The fourth-order valence-electron chi connectivity index (χ4n) is 3.29. The van der Waals surface area contributed by atoms with Crippen molar-refractivity contribution < 1.29 is 0 Å². The molecule has 2 heteroatoms. The predicted molar refractivity (Wildman–Crippen MR) is 84.8 cm³/mol. The zero-order valence-electron chi connectivity index (χ0n) is 11.9. The second-order valence-corrected chi connectivity index (χ2v) is 7.02. The molecule has 0 radical (unpaired) electrons. The third kappa shape index (κ3) is 2.85. The van der Waals surface area contributed by atoms with Crippen molar-refractivity contribution in [3.8, 4) is 0 Å². The van der Waals surface area contributed by atoms with Crippen molar-refractivity contribution in [1.82, 2.24) is 5.32 Å². The van der Waals surface area contributed by atoms with E-state index in [4.69, 9.17) is 0 Å². The fraction of sp³-hybridized carbons (Fsp3) is 0.529. The van der Waals surface area contributed by atoms with Crippen molar-refractivity contribution in [2.75, 3.05) is 0 Å². The predicted octanol–water partition coefficient (Wildman–Crippen LogP) is 5.13. The molecule has 19 heavy (non-hydrogen) atoms. The molecule has 2 atom stereocenters. The van der Waals surface area contributed by atoms with Gasteiger partial charge in [0, 0.05) is 21.7 Å². The Morgan fingerprint density at radius 3 is 2.63 bits per heavy atom. The summed E-state index contributed by atoms with van der Waals surface area (Å²) in [7, 11) is 0. The van der Waals surface area contributed by atoms with Gasteiger partial charge in [-0.3, -0.25) is 0 Å². The van der Waals surface area contributed by atoms with Gasteiger partial charge in [0.1, 0.15) is 0 Å². The van der Waals surface area contributed by atoms with Gasteiger partial charge in [0.2, 0.25) is 0 Å². The van der Waals surface area contributed by atoms with Crippen LogP contribution >= 0.6 is 11.3 Å². The van der Waals surface area contributed by atoms with Crippen molar-refractivity contribution >= 4 is 21.4 Å². The molecule has 0 aliphatic heterocycles. The Balaban J connectivity index is 1.70. The van der Waals surface area contributed by atoms with Crippen molar-refractivity contribution in [2.24, 2.45) is 5.92 Å². The molecule has 2 aromatic rings. The molecule has 1 heterocycles. The maximum absolute atomic E-state index is 3.81. The molecule has 1 aliphatic rings. The Morgan fingerprint density at radius 2 is 1.89 bits per heavy atom. The molecule has 0 spiro atoms. The molecule has 2 unspecified atom stereocenters. The summed E-state index contributed by atoms with van der Waals surface area (Å²) in [6.45, 7) is 4.66. The highest BCUT2D eigenvalue weighted by atomic mass is 32.1. The summed E-state index contributed by atoms with van der Waals surface area (Å²) in [5.41, 5.74) is 0. The standard InChI is InChI=1S/C17H23NS/c1-12(14-7-3-4-8-14)18-13(2)17-11-15-9-5-6-10-16(15)19-17/h5-6,9-14,18H,3-4,7-8H2,1-2H3. The number of thiophene rings is 1. The lowest BCUT2D eigenvalue weighted by Crippen LogP contribution is -2.33. The normalized spacial score (nSPS) is 19.9. The largest absolute Gasteiger partial charge is 0.307 e. The van der Waals surface area contributed by atoms with E-state index in [9.17, 15) is 0 Å². The first-order valence-corrected chi connectivity index (χ1v) is 8.30. The van der Waals surface area contributed by atoms with Crippen LogP contribution in [-0.2, 0) is 0 Å². The Kier molecular flexibility index (Phi) is 3.90. The monoisotopic (exact) mass is 273 g/mol. The number of fused-ring (bicyclic) bond motifs is 1. The third-order valence-corrected chi connectivity index (χ3v) is 5.79. The van der Waals surface area contributed by atoms with Crippen LogP contribution in [0.4, 0.5) is 0 Å². The molecule has 0 amide bonds. The SMILES string of the molecule is CC(NC(C)C1CCCC1)c1cc2ccccc2s1. The summed E-state index contributed by atoms with van der Waals surface area (Å²) in [5.74, 6) is 0.886. The van der Waals surface area contributed by atoms with E-state index in [0.717, 1.165) is 5.92 Å². The summed E-state index contributed by atoms with van der Waals surface area (Å²) >= 11 is 1.93. The van der Waals surface area contributed by atoms with Gasteiger partial charge in [0.05, 0.1) is 0 Å². The van der Waals surface area contributed by atoms with Gasteiger partial charge in [-0.25, -0.2) is 0 Å². The topological polar surface area (TPSA) is 12.0 Å². The first-order chi connectivity index (χ1) is 9.24. The summed E-state index contributed by atoms with van der Waals surface area (Å²) in [6.07, 6.45) is 5.67. The molecule has 0 bridgehead atoms. The Morgan fingerprint density at radius 1 is 1.16 bits per heavy atom. The molecular weight excluding hydrogens is 250 g/mol. The van der Waals surface area contributed by atoms with Crippen molar-refractivity contribution in [2.45, 2.75) is 51.6 Å². The van der Waals surface area contributed by atoms with E-state index in [2.05, 4.69) is 49.5 Å². The Hall–Kier alpha value is -0.860. The van der Waals surface area contributed by atoms with Crippen LogP contribution in [0.15, 0.2) is 30.3 Å². The number of nitrogens with one attached hydrogen (secondary N) is 1. The van der Waals surface area contributed by atoms with Crippen LogP contribution in [-0.4, -0.2) is 6.04 Å². The highest BCUT2D eigenvalue weighted by Crippen LogP contribution is 2.32. The zero-order chi connectivity index (χ0) is 13.2. The smallest absolute Gasteiger partial charge is 0.0388 e. The zero-order valence-corrected chi connectivity index (χ0v) is 12.7. The molecule has 102 valence electrons. The number of benzene rings is 1. The lowest BCUT2D eigenvalue weighted by molar-refractivity contribution is 0.354. The van der Waals surface area contributed by atoms with Gasteiger partial charge in [0.25, 0.3) is 0 Å². The average Bonchev–Trinajstić information content (AvgIpc) is 3.07. The second-order valence-electron chi connectivity index (χ2n) is 5.91. The first kappa shape index (κ1) is 13.1. The van der Waals surface area contributed by atoms with Crippen LogP contribution in [0.25, 0.3) is 10.1 Å². The van der Waals surface area contributed by atoms with Gasteiger partial charge in [-0.15, -0.1) is 11.3 Å². The van der Waals surface area contributed by atoms with Crippen LogP contribution in [0.3, 0.4) is 0 Å². The molecule has 3 rings (SSSR count). The molecule has 0 saturated heterocycles. The minimum Gasteiger partial charge on any atom is -0.307 e. The minimum absolute atomic E-state index is 0.466. The van der Waals surface area contributed by atoms with E-state index in [1.54, 1.807) is 0 Å². The quantitative estimate of drug-likeness (QED) is 0.814. The Bertz CT molecular complexity index is 506. The van der Waals surface area contributed by atoms with E-state index in [1.165, 1.54) is 40.6 Å². The van der Waals surface area contributed by atoms with Crippen molar-refractivity contribution in [1.29, 1.82) is 0 Å². The maximum Gasteiger partial charge on any atom is 0.0388 e. The fourth-order valence-corrected chi connectivity index (χ4v) is 4.36. The van der Waals surface area contributed by atoms with Crippen LogP contribution < -0.4 is 5.32 Å². The first-order valence-electron chi connectivity index (χ1n) is 7.48. The molecule has 1 saturated carbocycles. The van der Waals surface area contributed by atoms with Crippen LogP contribution in [0.1, 0.15) is 50.4 Å². The van der Waals surface area contributed by atoms with Gasteiger partial charge in [0.15, 0.2) is 0 Å². The average molecular weight is 273 g/mol. The third-order valence-electron chi connectivity index (χ3n) is 4.49. The van der Waals surface area contributed by atoms with Gasteiger partial charge in [-0.2, -0.15) is 0 Å². The summed E-state index contributed by atoms with van der Waals surface area (Å²) < 4.78 is 1.40. The molecule has 1 aromatic carbocycles. The summed E-state index contributed by atoms with van der Waals surface area (Å²) in [5, 5.41) is 5.19. The summed E-state index contributed by atoms with van der Waals surface area (Å²) in [6, 6.07) is 12.1. The lowest BCUT2D eigenvalue weighted by Gasteiger charge is -2.24. The van der Waals surface area contributed by atoms with Crippen molar-refractivity contribution in [3.05, 3.63) is 35.2 Å². The molecule has 1 aliphatic carbocycles. The van der Waals surface area contributed by atoms with Gasteiger partial charge >= 0.3 is 0 Å². The van der Waals surface area contributed by atoms with Crippen LogP contribution in [0, 0.1) is 5.92 Å². The van der Waals surface area contributed by atoms with Gasteiger partial charge in [-0.05, 0) is 50.1 Å². The van der Waals surface area contributed by atoms with E-state index in [0.29, 0.717) is 12.1 Å². The summed E-state index contributed by atoms with van der Waals surface area (Å²) in [4.78, 5) is 1.46. The maximum atomic E-state index is 3.81. The lowest BCUT2D eigenvalue weighted by atomic mass is 9.99. The second kappa shape index (κ2) is 5.64. The highest BCUT2D eigenvalue weighted by molar-refractivity contribution is 7.19. The van der Waals surface area contributed by atoms with Crippen molar-refractivity contribution in [3.63, 3.8) is 0 Å². The Labute approximate surface area is 120 Å². The minimum atomic E-state index is 0.466.